The highest BCUT2D eigenvalue weighted by molar-refractivity contribution is 5.87. The molecule has 0 bridgehead atoms. The summed E-state index contributed by atoms with van der Waals surface area (Å²) in [5.74, 6) is -1.83. The maximum atomic E-state index is 12.0. The van der Waals surface area contributed by atoms with Crippen molar-refractivity contribution in [3.05, 3.63) is 35.4 Å². The Hall–Kier alpha value is -1.92. The standard InChI is InChI=1S/C13H15NO5/c15-7-10(13(17)18)14-12(16)11-9-4-2-1-3-8(9)5-6-19-11/h1-4,10-11,15H,5-7H2,(H,14,16)(H,17,18). The number of hydrogen-bond donors (Lipinski definition) is 3. The molecule has 0 spiro atoms. The van der Waals surface area contributed by atoms with Gasteiger partial charge in [-0.1, -0.05) is 24.3 Å². The van der Waals surface area contributed by atoms with Crippen molar-refractivity contribution in [1.29, 1.82) is 0 Å². The molecular formula is C13H15NO5. The second-order valence-corrected chi connectivity index (χ2v) is 4.28. The first-order valence-corrected chi connectivity index (χ1v) is 5.97. The third-order valence-electron chi connectivity index (χ3n) is 3.03. The van der Waals surface area contributed by atoms with Gasteiger partial charge in [-0.25, -0.2) is 4.79 Å². The zero-order valence-electron chi connectivity index (χ0n) is 10.2. The molecule has 0 fully saturated rings. The average molecular weight is 265 g/mol. The number of carboxylic acid groups (broad SMARTS) is 1. The van der Waals surface area contributed by atoms with E-state index in [2.05, 4.69) is 5.32 Å². The molecule has 1 aliphatic heterocycles. The Morgan fingerprint density at radius 2 is 2.16 bits per heavy atom. The highest BCUT2D eigenvalue weighted by Gasteiger charge is 2.30. The lowest BCUT2D eigenvalue weighted by atomic mass is 9.97. The van der Waals surface area contributed by atoms with E-state index in [9.17, 15) is 9.59 Å². The summed E-state index contributed by atoms with van der Waals surface area (Å²) >= 11 is 0. The normalized spacial score (nSPS) is 19.3. The molecule has 2 rings (SSSR count). The maximum Gasteiger partial charge on any atom is 0.328 e. The van der Waals surface area contributed by atoms with Crippen molar-refractivity contribution in [3.63, 3.8) is 0 Å². The smallest absolute Gasteiger partial charge is 0.328 e. The van der Waals surface area contributed by atoms with E-state index in [1.54, 1.807) is 12.1 Å². The number of fused-ring (bicyclic) bond motifs is 1. The van der Waals surface area contributed by atoms with Gasteiger partial charge in [-0.15, -0.1) is 0 Å². The fraction of sp³-hybridized carbons (Fsp3) is 0.385. The Labute approximate surface area is 110 Å². The predicted octanol–water partition coefficient (Wildman–Crippen LogP) is -0.138. The lowest BCUT2D eigenvalue weighted by molar-refractivity contribution is -0.146. The zero-order valence-corrected chi connectivity index (χ0v) is 10.2. The third-order valence-corrected chi connectivity index (χ3v) is 3.03. The van der Waals surface area contributed by atoms with Crippen molar-refractivity contribution in [1.82, 2.24) is 5.32 Å². The third kappa shape index (κ3) is 2.91. The molecular weight excluding hydrogens is 250 g/mol. The molecule has 2 atom stereocenters. The molecule has 3 N–H and O–H groups in total. The number of carbonyl (C=O) groups is 2. The van der Waals surface area contributed by atoms with Crippen LogP contribution in [0.5, 0.6) is 0 Å². The van der Waals surface area contributed by atoms with Crippen LogP contribution < -0.4 is 5.32 Å². The SMILES string of the molecule is O=C(O)C(CO)NC(=O)C1OCCc2ccccc21. The topological polar surface area (TPSA) is 95.9 Å². The van der Waals surface area contributed by atoms with Crippen LogP contribution in [0.2, 0.25) is 0 Å². The summed E-state index contributed by atoms with van der Waals surface area (Å²) in [6.07, 6.45) is -0.0965. The summed E-state index contributed by atoms with van der Waals surface area (Å²) in [6.45, 7) is -0.249. The minimum atomic E-state index is -1.31. The number of aliphatic carboxylic acids is 1. The van der Waals surface area contributed by atoms with Crippen LogP contribution in [-0.4, -0.2) is 41.3 Å². The first kappa shape index (κ1) is 13.5. The highest BCUT2D eigenvalue weighted by atomic mass is 16.5. The number of nitrogens with one attached hydrogen (secondary N) is 1. The molecule has 19 heavy (non-hydrogen) atoms. The van der Waals surface area contributed by atoms with Crippen molar-refractivity contribution in [2.45, 2.75) is 18.6 Å². The second kappa shape index (κ2) is 5.81. The lowest BCUT2D eigenvalue weighted by Crippen LogP contribution is -2.46. The first-order chi connectivity index (χ1) is 9.13. The van der Waals surface area contributed by atoms with Gasteiger partial charge in [0, 0.05) is 0 Å². The van der Waals surface area contributed by atoms with Gasteiger partial charge in [0.25, 0.3) is 5.91 Å². The monoisotopic (exact) mass is 265 g/mol. The van der Waals surface area contributed by atoms with Crippen LogP contribution in [0.3, 0.4) is 0 Å². The number of amides is 1. The Kier molecular flexibility index (Phi) is 4.13. The predicted molar refractivity (Wildman–Crippen MR) is 65.5 cm³/mol. The summed E-state index contributed by atoms with van der Waals surface area (Å²) in [6, 6.07) is 6.07. The molecule has 2 unspecified atom stereocenters. The van der Waals surface area contributed by atoms with Crippen LogP contribution in [-0.2, 0) is 20.7 Å². The van der Waals surface area contributed by atoms with E-state index in [4.69, 9.17) is 14.9 Å². The molecule has 0 saturated carbocycles. The molecule has 0 aromatic heterocycles. The number of aliphatic hydroxyl groups is 1. The summed E-state index contributed by atoms with van der Waals surface area (Å²) in [7, 11) is 0. The summed E-state index contributed by atoms with van der Waals surface area (Å²) in [5, 5.41) is 20.0. The number of carboxylic acids is 1. The molecule has 0 radical (unpaired) electrons. The number of aliphatic hydroxyl groups excluding tert-OH is 1. The van der Waals surface area contributed by atoms with E-state index in [1.165, 1.54) is 0 Å². The molecule has 6 heteroatoms. The van der Waals surface area contributed by atoms with Crippen LogP contribution in [0.25, 0.3) is 0 Å². The van der Waals surface area contributed by atoms with Gasteiger partial charge in [-0.05, 0) is 17.5 Å². The van der Waals surface area contributed by atoms with Crippen LogP contribution in [0.15, 0.2) is 24.3 Å². The molecule has 102 valence electrons. The fourth-order valence-electron chi connectivity index (χ4n) is 2.04. The lowest BCUT2D eigenvalue weighted by Gasteiger charge is -2.26. The number of carbonyl (C=O) groups excluding carboxylic acids is 1. The van der Waals surface area contributed by atoms with E-state index in [0.29, 0.717) is 6.61 Å². The fourth-order valence-corrected chi connectivity index (χ4v) is 2.04. The Morgan fingerprint density at radius 3 is 2.84 bits per heavy atom. The Balaban J connectivity index is 2.15. The summed E-state index contributed by atoms with van der Waals surface area (Å²) < 4.78 is 5.40. The van der Waals surface area contributed by atoms with Crippen molar-refractivity contribution < 1.29 is 24.5 Å². The molecule has 1 aromatic rings. The van der Waals surface area contributed by atoms with Crippen LogP contribution in [0, 0.1) is 0 Å². The Bertz CT molecular complexity index is 488. The molecule has 1 amide bonds. The van der Waals surface area contributed by atoms with Crippen LogP contribution >= 0.6 is 0 Å². The number of rotatable bonds is 4. The van der Waals surface area contributed by atoms with Gasteiger partial charge in [-0.3, -0.25) is 4.79 Å². The average Bonchev–Trinajstić information content (AvgIpc) is 2.43. The minimum Gasteiger partial charge on any atom is -0.480 e. The zero-order chi connectivity index (χ0) is 13.8. The largest absolute Gasteiger partial charge is 0.480 e. The summed E-state index contributed by atoms with van der Waals surface area (Å²) in [4.78, 5) is 22.8. The van der Waals surface area contributed by atoms with Crippen LogP contribution in [0.4, 0.5) is 0 Å². The van der Waals surface area contributed by atoms with Crippen LogP contribution in [0.1, 0.15) is 17.2 Å². The van der Waals surface area contributed by atoms with Crippen molar-refractivity contribution in [2.75, 3.05) is 13.2 Å². The van der Waals surface area contributed by atoms with E-state index >= 15 is 0 Å². The van der Waals surface area contributed by atoms with Gasteiger partial charge in [0.2, 0.25) is 0 Å². The molecule has 0 saturated heterocycles. The maximum absolute atomic E-state index is 12.0. The van der Waals surface area contributed by atoms with E-state index in [0.717, 1.165) is 17.5 Å². The number of ether oxygens (including phenoxy) is 1. The molecule has 1 aromatic carbocycles. The van der Waals surface area contributed by atoms with E-state index in [1.807, 2.05) is 12.1 Å². The molecule has 1 aliphatic rings. The molecule has 1 heterocycles. The van der Waals surface area contributed by atoms with Gasteiger partial charge >= 0.3 is 5.97 Å². The Morgan fingerprint density at radius 1 is 1.42 bits per heavy atom. The van der Waals surface area contributed by atoms with E-state index < -0.39 is 30.6 Å². The van der Waals surface area contributed by atoms with Crippen molar-refractivity contribution >= 4 is 11.9 Å². The van der Waals surface area contributed by atoms with Gasteiger partial charge in [0.1, 0.15) is 6.04 Å². The first-order valence-electron chi connectivity index (χ1n) is 5.97. The number of hydrogen-bond acceptors (Lipinski definition) is 4. The van der Waals surface area contributed by atoms with Gasteiger partial charge in [0.05, 0.1) is 13.2 Å². The van der Waals surface area contributed by atoms with E-state index in [-0.39, 0.29) is 0 Å². The quantitative estimate of drug-likeness (QED) is 0.704. The van der Waals surface area contributed by atoms with Gasteiger partial charge < -0.3 is 20.3 Å². The molecule has 0 aliphatic carbocycles. The highest BCUT2D eigenvalue weighted by Crippen LogP contribution is 2.26. The van der Waals surface area contributed by atoms with Gasteiger partial charge in [0.15, 0.2) is 6.10 Å². The minimum absolute atomic E-state index is 0.409. The van der Waals surface area contributed by atoms with Gasteiger partial charge in [-0.2, -0.15) is 0 Å². The van der Waals surface area contributed by atoms with Crippen molar-refractivity contribution in [3.8, 4) is 0 Å². The number of benzene rings is 1. The second-order valence-electron chi connectivity index (χ2n) is 4.28. The summed E-state index contributed by atoms with van der Waals surface area (Å²) in [5.41, 5.74) is 1.76. The van der Waals surface area contributed by atoms with Crippen molar-refractivity contribution in [2.24, 2.45) is 0 Å². The molecule has 6 nitrogen and oxygen atoms in total.